The minimum absolute atomic E-state index is 0.192. The van der Waals surface area contributed by atoms with Gasteiger partial charge in [0.25, 0.3) is 5.91 Å². The van der Waals surface area contributed by atoms with Crippen LogP contribution >= 0.6 is 0 Å². The lowest BCUT2D eigenvalue weighted by atomic mass is 10.3. The largest absolute Gasteiger partial charge is 0.321 e. The molecule has 1 aromatic rings. The molecule has 1 aliphatic heterocycles. The van der Waals surface area contributed by atoms with E-state index in [0.717, 1.165) is 0 Å². The molecule has 1 N–H and O–H groups in total. The van der Waals surface area contributed by atoms with E-state index < -0.39 is 12.1 Å². The number of pyridine rings is 1. The SMILES string of the molecule is O=C1Nc2cccnc2[C@H]1F. The fraction of sp³-hybridized carbons (Fsp3) is 0.143. The Hall–Kier alpha value is -1.45. The minimum atomic E-state index is -1.59. The van der Waals surface area contributed by atoms with Crippen LogP contribution in [0.5, 0.6) is 0 Å². The summed E-state index contributed by atoms with van der Waals surface area (Å²) >= 11 is 0. The first-order valence-electron chi connectivity index (χ1n) is 3.19. The molecule has 0 fully saturated rings. The van der Waals surface area contributed by atoms with Crippen molar-refractivity contribution in [3.63, 3.8) is 0 Å². The topological polar surface area (TPSA) is 42.0 Å². The van der Waals surface area contributed by atoms with Crippen LogP contribution in [-0.4, -0.2) is 10.9 Å². The lowest BCUT2D eigenvalue weighted by Crippen LogP contribution is -2.07. The fourth-order valence-electron chi connectivity index (χ4n) is 1.05. The maximum Gasteiger partial charge on any atom is 0.265 e. The highest BCUT2D eigenvalue weighted by Crippen LogP contribution is 2.30. The van der Waals surface area contributed by atoms with Gasteiger partial charge in [-0.15, -0.1) is 0 Å². The second-order valence-corrected chi connectivity index (χ2v) is 2.29. The molecule has 0 unspecified atom stereocenters. The number of alkyl halides is 1. The number of nitrogens with zero attached hydrogens (tertiary/aromatic N) is 1. The lowest BCUT2D eigenvalue weighted by Gasteiger charge is -1.93. The van der Waals surface area contributed by atoms with Crippen molar-refractivity contribution in [2.45, 2.75) is 6.17 Å². The van der Waals surface area contributed by atoms with Crippen LogP contribution in [0, 0.1) is 0 Å². The van der Waals surface area contributed by atoms with E-state index in [1.54, 1.807) is 12.1 Å². The summed E-state index contributed by atoms with van der Waals surface area (Å²) in [6, 6.07) is 3.27. The van der Waals surface area contributed by atoms with Gasteiger partial charge < -0.3 is 5.32 Å². The Labute approximate surface area is 62.3 Å². The standard InChI is InChI=1S/C7H5FN2O/c8-5-6-4(10-7(5)11)2-1-3-9-6/h1-3,5H,(H,10,11)/t5-/m1/s1. The summed E-state index contributed by atoms with van der Waals surface area (Å²) in [5.41, 5.74) is 0.669. The van der Waals surface area contributed by atoms with E-state index in [4.69, 9.17) is 0 Å². The van der Waals surface area contributed by atoms with E-state index in [0.29, 0.717) is 5.69 Å². The molecule has 1 aliphatic rings. The van der Waals surface area contributed by atoms with Gasteiger partial charge in [-0.2, -0.15) is 0 Å². The number of anilines is 1. The zero-order chi connectivity index (χ0) is 7.84. The fourth-order valence-corrected chi connectivity index (χ4v) is 1.05. The highest BCUT2D eigenvalue weighted by molar-refractivity contribution is 6.00. The Kier molecular flexibility index (Phi) is 1.15. The lowest BCUT2D eigenvalue weighted by molar-refractivity contribution is -0.120. The Morgan fingerprint density at radius 1 is 1.64 bits per heavy atom. The monoisotopic (exact) mass is 152 g/mol. The molecule has 0 spiro atoms. The molecule has 0 saturated carbocycles. The second kappa shape index (κ2) is 2.02. The number of hydrogen-bond acceptors (Lipinski definition) is 2. The van der Waals surface area contributed by atoms with Gasteiger partial charge in [-0.1, -0.05) is 0 Å². The van der Waals surface area contributed by atoms with Gasteiger partial charge in [0.05, 0.1) is 5.69 Å². The van der Waals surface area contributed by atoms with Crippen LogP contribution in [0.2, 0.25) is 0 Å². The average molecular weight is 152 g/mol. The summed E-state index contributed by atoms with van der Waals surface area (Å²) in [5, 5.41) is 2.37. The van der Waals surface area contributed by atoms with Crippen molar-refractivity contribution in [3.8, 4) is 0 Å². The minimum Gasteiger partial charge on any atom is -0.321 e. The van der Waals surface area contributed by atoms with Crippen molar-refractivity contribution in [2.24, 2.45) is 0 Å². The third kappa shape index (κ3) is 0.790. The maximum atomic E-state index is 12.8. The summed E-state index contributed by atoms with van der Waals surface area (Å²) in [4.78, 5) is 14.4. The molecule has 0 aromatic carbocycles. The van der Waals surface area contributed by atoms with Crippen LogP contribution in [-0.2, 0) is 4.79 Å². The van der Waals surface area contributed by atoms with Crippen molar-refractivity contribution in [1.82, 2.24) is 4.98 Å². The molecule has 1 amide bonds. The number of halogens is 1. The summed E-state index contributed by atoms with van der Waals surface area (Å²) in [7, 11) is 0. The predicted molar refractivity (Wildman–Crippen MR) is 36.7 cm³/mol. The van der Waals surface area contributed by atoms with Crippen LogP contribution < -0.4 is 5.32 Å². The Balaban J connectivity index is 2.55. The first-order chi connectivity index (χ1) is 5.29. The first-order valence-corrected chi connectivity index (χ1v) is 3.19. The maximum absolute atomic E-state index is 12.8. The average Bonchev–Trinajstić information content (AvgIpc) is 2.30. The molecule has 11 heavy (non-hydrogen) atoms. The first kappa shape index (κ1) is 6.27. The van der Waals surface area contributed by atoms with Gasteiger partial charge in [-0.05, 0) is 12.1 Å². The van der Waals surface area contributed by atoms with Crippen molar-refractivity contribution in [2.75, 3.05) is 5.32 Å². The van der Waals surface area contributed by atoms with Crippen LogP contribution in [0.4, 0.5) is 10.1 Å². The summed E-state index contributed by atoms with van der Waals surface area (Å²) in [6.45, 7) is 0. The smallest absolute Gasteiger partial charge is 0.265 e. The van der Waals surface area contributed by atoms with Gasteiger partial charge in [0, 0.05) is 6.20 Å². The van der Waals surface area contributed by atoms with E-state index in [-0.39, 0.29) is 5.69 Å². The molecule has 2 rings (SSSR count). The number of amides is 1. The zero-order valence-electron chi connectivity index (χ0n) is 5.54. The molecule has 1 aromatic heterocycles. The van der Waals surface area contributed by atoms with Gasteiger partial charge >= 0.3 is 0 Å². The second-order valence-electron chi connectivity index (χ2n) is 2.29. The molecule has 0 saturated heterocycles. The number of carbonyl (C=O) groups excluding carboxylic acids is 1. The number of carbonyl (C=O) groups is 1. The van der Waals surface area contributed by atoms with Gasteiger partial charge in [-0.25, -0.2) is 4.39 Å². The predicted octanol–water partition coefficient (Wildman–Crippen LogP) is 1.04. The Morgan fingerprint density at radius 3 is 3.18 bits per heavy atom. The van der Waals surface area contributed by atoms with Crippen molar-refractivity contribution < 1.29 is 9.18 Å². The summed E-state index contributed by atoms with van der Waals surface area (Å²) in [6.07, 6.45) is -0.128. The molecule has 56 valence electrons. The van der Waals surface area contributed by atoms with E-state index >= 15 is 0 Å². The molecule has 2 heterocycles. The molecular weight excluding hydrogens is 147 g/mol. The number of hydrogen-bond donors (Lipinski definition) is 1. The van der Waals surface area contributed by atoms with Gasteiger partial charge in [0.2, 0.25) is 6.17 Å². The third-order valence-electron chi connectivity index (χ3n) is 1.57. The molecule has 0 bridgehead atoms. The van der Waals surface area contributed by atoms with Crippen LogP contribution in [0.1, 0.15) is 11.9 Å². The molecule has 4 heteroatoms. The zero-order valence-corrected chi connectivity index (χ0v) is 5.54. The van der Waals surface area contributed by atoms with E-state index in [2.05, 4.69) is 10.3 Å². The number of rotatable bonds is 0. The van der Waals surface area contributed by atoms with Crippen LogP contribution in [0.25, 0.3) is 0 Å². The highest BCUT2D eigenvalue weighted by Gasteiger charge is 2.31. The number of nitrogens with one attached hydrogen (secondary N) is 1. The van der Waals surface area contributed by atoms with Gasteiger partial charge in [-0.3, -0.25) is 9.78 Å². The van der Waals surface area contributed by atoms with E-state index in [9.17, 15) is 9.18 Å². The van der Waals surface area contributed by atoms with Gasteiger partial charge in [0.15, 0.2) is 0 Å². The quantitative estimate of drug-likeness (QED) is 0.603. The van der Waals surface area contributed by atoms with Crippen molar-refractivity contribution >= 4 is 11.6 Å². The Bertz CT molecular complexity index is 313. The summed E-state index contributed by atoms with van der Waals surface area (Å²) in [5.74, 6) is -0.626. The Morgan fingerprint density at radius 2 is 2.45 bits per heavy atom. The number of aromatic nitrogens is 1. The number of fused-ring (bicyclic) bond motifs is 1. The van der Waals surface area contributed by atoms with Crippen molar-refractivity contribution in [1.29, 1.82) is 0 Å². The van der Waals surface area contributed by atoms with E-state index in [1.165, 1.54) is 6.20 Å². The normalized spacial score (nSPS) is 21.2. The van der Waals surface area contributed by atoms with Gasteiger partial charge in [0.1, 0.15) is 5.69 Å². The molecule has 0 aliphatic carbocycles. The van der Waals surface area contributed by atoms with Crippen LogP contribution in [0.3, 0.4) is 0 Å². The molecule has 1 atom stereocenters. The molecular formula is C7H5FN2O. The molecule has 3 nitrogen and oxygen atoms in total. The third-order valence-corrected chi connectivity index (χ3v) is 1.57. The van der Waals surface area contributed by atoms with E-state index in [1.807, 2.05) is 0 Å². The highest BCUT2D eigenvalue weighted by atomic mass is 19.1. The summed E-state index contributed by atoms with van der Waals surface area (Å²) < 4.78 is 12.8. The molecule has 0 radical (unpaired) electrons. The van der Waals surface area contributed by atoms with Crippen molar-refractivity contribution in [3.05, 3.63) is 24.0 Å². The van der Waals surface area contributed by atoms with Crippen LogP contribution in [0.15, 0.2) is 18.3 Å².